The van der Waals surface area contributed by atoms with Gasteiger partial charge < -0.3 is 20.1 Å². The first-order chi connectivity index (χ1) is 10.6. The Bertz CT molecular complexity index is 678. The zero-order valence-electron chi connectivity index (χ0n) is 13.6. The Hall–Kier alpha value is -1.48. The number of amides is 1. The van der Waals surface area contributed by atoms with Crippen molar-refractivity contribution in [1.82, 2.24) is 20.6 Å². The molecule has 2 heterocycles. The second kappa shape index (κ2) is 8.97. The zero-order chi connectivity index (χ0) is 16.1. The quantitative estimate of drug-likeness (QED) is 0.728. The molecule has 0 aromatic carbocycles. The van der Waals surface area contributed by atoms with Crippen LogP contribution in [0.15, 0.2) is 0 Å². The SMILES string of the molecule is CNCCNC(=O)c1sc2nc(COC)nc(OC)c2c1C.Cl. The van der Waals surface area contributed by atoms with E-state index in [-0.39, 0.29) is 18.3 Å². The van der Waals surface area contributed by atoms with Gasteiger partial charge in [-0.05, 0) is 19.5 Å². The Balaban J connectivity index is 0.00000264. The van der Waals surface area contributed by atoms with Crippen molar-refractivity contribution in [2.45, 2.75) is 13.5 Å². The van der Waals surface area contributed by atoms with Gasteiger partial charge in [0.1, 0.15) is 11.4 Å². The maximum absolute atomic E-state index is 12.3. The third-order valence-electron chi connectivity index (χ3n) is 3.14. The van der Waals surface area contributed by atoms with E-state index in [1.807, 2.05) is 14.0 Å². The number of carbonyl (C=O) groups is 1. The molecule has 0 saturated carbocycles. The molecule has 128 valence electrons. The van der Waals surface area contributed by atoms with Crippen LogP contribution in [-0.2, 0) is 11.3 Å². The first-order valence-electron chi connectivity index (χ1n) is 6.88. The van der Waals surface area contributed by atoms with Crippen LogP contribution in [0.25, 0.3) is 10.2 Å². The summed E-state index contributed by atoms with van der Waals surface area (Å²) >= 11 is 1.34. The third-order valence-corrected chi connectivity index (χ3v) is 4.32. The summed E-state index contributed by atoms with van der Waals surface area (Å²) < 4.78 is 10.4. The van der Waals surface area contributed by atoms with E-state index in [1.54, 1.807) is 14.2 Å². The summed E-state index contributed by atoms with van der Waals surface area (Å²) in [5.41, 5.74) is 0.836. The summed E-state index contributed by atoms with van der Waals surface area (Å²) in [6.07, 6.45) is 0. The molecule has 0 spiro atoms. The van der Waals surface area contributed by atoms with Gasteiger partial charge in [-0.2, -0.15) is 4.98 Å². The molecule has 0 radical (unpaired) electrons. The van der Waals surface area contributed by atoms with Gasteiger partial charge in [0.2, 0.25) is 5.88 Å². The number of methoxy groups -OCH3 is 2. The lowest BCUT2D eigenvalue weighted by atomic mass is 10.2. The number of nitrogens with zero attached hydrogens (tertiary/aromatic N) is 2. The summed E-state index contributed by atoms with van der Waals surface area (Å²) in [7, 11) is 4.98. The van der Waals surface area contributed by atoms with Crippen molar-refractivity contribution in [2.75, 3.05) is 34.4 Å². The number of hydrogen-bond acceptors (Lipinski definition) is 7. The molecule has 0 aliphatic carbocycles. The largest absolute Gasteiger partial charge is 0.480 e. The molecule has 0 fully saturated rings. The molecule has 2 rings (SSSR count). The number of rotatable bonds is 7. The lowest BCUT2D eigenvalue weighted by Gasteiger charge is -2.05. The van der Waals surface area contributed by atoms with Gasteiger partial charge in [0.25, 0.3) is 5.91 Å². The molecule has 0 aliphatic heterocycles. The van der Waals surface area contributed by atoms with Crippen LogP contribution in [-0.4, -0.2) is 50.2 Å². The molecule has 0 saturated heterocycles. The Labute approximate surface area is 145 Å². The molecule has 1 amide bonds. The van der Waals surface area contributed by atoms with Crippen molar-refractivity contribution >= 4 is 39.9 Å². The summed E-state index contributed by atoms with van der Waals surface area (Å²) in [6, 6.07) is 0. The van der Waals surface area contributed by atoms with E-state index in [1.165, 1.54) is 11.3 Å². The number of thiophene rings is 1. The Morgan fingerprint density at radius 2 is 2.00 bits per heavy atom. The van der Waals surface area contributed by atoms with Crippen molar-refractivity contribution in [3.8, 4) is 5.88 Å². The number of aromatic nitrogens is 2. The normalized spacial score (nSPS) is 10.4. The highest BCUT2D eigenvalue weighted by atomic mass is 35.5. The molecule has 0 aliphatic rings. The van der Waals surface area contributed by atoms with Gasteiger partial charge in [-0.25, -0.2) is 4.98 Å². The smallest absolute Gasteiger partial charge is 0.261 e. The number of nitrogens with one attached hydrogen (secondary N) is 2. The molecule has 23 heavy (non-hydrogen) atoms. The summed E-state index contributed by atoms with van der Waals surface area (Å²) in [6.45, 7) is 3.47. The molecule has 0 atom stereocenters. The summed E-state index contributed by atoms with van der Waals surface area (Å²) in [4.78, 5) is 22.4. The van der Waals surface area contributed by atoms with Crippen LogP contribution in [0.4, 0.5) is 0 Å². The third kappa shape index (κ3) is 4.29. The van der Waals surface area contributed by atoms with Crippen LogP contribution in [0.2, 0.25) is 0 Å². The monoisotopic (exact) mass is 360 g/mol. The standard InChI is InChI=1S/C14H20N4O3S.ClH/c1-8-10-13(21-4)17-9(7-20-3)18-14(10)22-11(8)12(19)16-6-5-15-2;/h15H,5-7H2,1-4H3,(H,16,19);1H. The summed E-state index contributed by atoms with van der Waals surface area (Å²) in [5.74, 6) is 0.904. The minimum absolute atomic E-state index is 0. The maximum atomic E-state index is 12.3. The van der Waals surface area contributed by atoms with Gasteiger partial charge in [-0.15, -0.1) is 23.7 Å². The fourth-order valence-electron chi connectivity index (χ4n) is 2.08. The lowest BCUT2D eigenvalue weighted by Crippen LogP contribution is -2.30. The molecule has 0 bridgehead atoms. The van der Waals surface area contributed by atoms with E-state index in [4.69, 9.17) is 9.47 Å². The van der Waals surface area contributed by atoms with Crippen molar-refractivity contribution in [3.05, 3.63) is 16.3 Å². The number of carbonyl (C=O) groups excluding carboxylic acids is 1. The van der Waals surface area contributed by atoms with E-state index in [9.17, 15) is 4.79 Å². The van der Waals surface area contributed by atoms with E-state index in [2.05, 4.69) is 20.6 Å². The second-order valence-corrected chi connectivity index (χ2v) is 5.68. The van der Waals surface area contributed by atoms with E-state index < -0.39 is 0 Å². The van der Waals surface area contributed by atoms with Crippen LogP contribution in [0, 0.1) is 6.92 Å². The average Bonchev–Trinajstić information content (AvgIpc) is 2.84. The predicted molar refractivity (Wildman–Crippen MR) is 92.9 cm³/mol. The van der Waals surface area contributed by atoms with Crippen molar-refractivity contribution in [1.29, 1.82) is 0 Å². The average molecular weight is 361 g/mol. The highest BCUT2D eigenvalue weighted by Crippen LogP contribution is 2.34. The molecule has 2 N–H and O–H groups in total. The number of aryl methyl sites for hydroxylation is 1. The lowest BCUT2D eigenvalue weighted by molar-refractivity contribution is 0.0957. The maximum Gasteiger partial charge on any atom is 0.261 e. The van der Waals surface area contributed by atoms with Crippen LogP contribution < -0.4 is 15.4 Å². The fourth-order valence-corrected chi connectivity index (χ4v) is 3.19. The predicted octanol–water partition coefficient (Wildman–Crippen LogP) is 1.53. The van der Waals surface area contributed by atoms with Crippen LogP contribution in [0.1, 0.15) is 21.1 Å². The number of likely N-dealkylation sites (N-methyl/N-ethyl adjacent to an activating group) is 1. The van der Waals surface area contributed by atoms with Gasteiger partial charge in [0.15, 0.2) is 5.82 Å². The first kappa shape index (κ1) is 19.6. The molecule has 0 unspecified atom stereocenters. The Kier molecular flexibility index (Phi) is 7.63. The molecule has 2 aromatic rings. The van der Waals surface area contributed by atoms with Gasteiger partial charge in [-0.1, -0.05) is 0 Å². The van der Waals surface area contributed by atoms with Crippen LogP contribution >= 0.6 is 23.7 Å². The Morgan fingerprint density at radius 3 is 2.61 bits per heavy atom. The number of fused-ring (bicyclic) bond motifs is 1. The topological polar surface area (TPSA) is 85.4 Å². The van der Waals surface area contributed by atoms with Gasteiger partial charge in [0, 0.05) is 20.2 Å². The van der Waals surface area contributed by atoms with E-state index >= 15 is 0 Å². The highest BCUT2D eigenvalue weighted by molar-refractivity contribution is 7.20. The molecule has 2 aromatic heterocycles. The summed E-state index contributed by atoms with van der Waals surface area (Å²) in [5, 5.41) is 6.65. The van der Waals surface area contributed by atoms with Gasteiger partial charge >= 0.3 is 0 Å². The minimum atomic E-state index is -0.105. The van der Waals surface area contributed by atoms with Gasteiger partial charge in [-0.3, -0.25) is 4.79 Å². The highest BCUT2D eigenvalue weighted by Gasteiger charge is 2.20. The fraction of sp³-hybridized carbons (Fsp3) is 0.500. The van der Waals surface area contributed by atoms with E-state index in [0.29, 0.717) is 29.7 Å². The molecule has 7 nitrogen and oxygen atoms in total. The molecular formula is C14H21ClN4O3S. The van der Waals surface area contributed by atoms with Crippen molar-refractivity contribution in [2.24, 2.45) is 0 Å². The van der Waals surface area contributed by atoms with Crippen molar-refractivity contribution in [3.63, 3.8) is 0 Å². The Morgan fingerprint density at radius 1 is 1.26 bits per heavy atom. The van der Waals surface area contributed by atoms with Crippen LogP contribution in [0.5, 0.6) is 5.88 Å². The number of hydrogen-bond donors (Lipinski definition) is 2. The molecular weight excluding hydrogens is 340 g/mol. The number of halogens is 1. The van der Waals surface area contributed by atoms with Crippen molar-refractivity contribution < 1.29 is 14.3 Å². The van der Waals surface area contributed by atoms with Gasteiger partial charge in [0.05, 0.1) is 17.4 Å². The zero-order valence-corrected chi connectivity index (χ0v) is 15.2. The van der Waals surface area contributed by atoms with Crippen LogP contribution in [0.3, 0.4) is 0 Å². The number of ether oxygens (including phenoxy) is 2. The first-order valence-corrected chi connectivity index (χ1v) is 7.69. The van der Waals surface area contributed by atoms with E-state index in [0.717, 1.165) is 22.3 Å². The molecule has 9 heteroatoms. The second-order valence-electron chi connectivity index (χ2n) is 4.68. The minimum Gasteiger partial charge on any atom is -0.480 e.